The molecule has 2 aromatic rings. The van der Waals surface area contributed by atoms with E-state index in [2.05, 4.69) is 17.1 Å². The topological polar surface area (TPSA) is 55.8 Å². The first-order chi connectivity index (χ1) is 12.9. The summed E-state index contributed by atoms with van der Waals surface area (Å²) in [6.07, 6.45) is 0. The van der Waals surface area contributed by atoms with E-state index in [1.165, 1.54) is 0 Å². The second kappa shape index (κ2) is 9.42. The lowest BCUT2D eigenvalue weighted by Gasteiger charge is -2.22. The summed E-state index contributed by atoms with van der Waals surface area (Å²) < 4.78 is 0. The summed E-state index contributed by atoms with van der Waals surface area (Å²) in [7, 11) is 4.05. The molecule has 0 aliphatic heterocycles. The van der Waals surface area contributed by atoms with Crippen molar-refractivity contribution < 1.29 is 9.90 Å². The number of aromatic hydroxyl groups is 1. The fourth-order valence-corrected chi connectivity index (χ4v) is 3.36. The van der Waals surface area contributed by atoms with Gasteiger partial charge in [0.05, 0.1) is 0 Å². The minimum Gasteiger partial charge on any atom is -0.508 e. The van der Waals surface area contributed by atoms with E-state index in [1.807, 2.05) is 64.3 Å². The first-order valence-corrected chi connectivity index (χ1v) is 9.50. The maximum atomic E-state index is 12.4. The summed E-state index contributed by atoms with van der Waals surface area (Å²) in [4.78, 5) is 16.3. The summed E-state index contributed by atoms with van der Waals surface area (Å²) in [5.74, 6) is 0.513. The van der Waals surface area contributed by atoms with E-state index in [-0.39, 0.29) is 11.8 Å². The molecule has 0 aliphatic carbocycles. The fourth-order valence-electron chi connectivity index (χ4n) is 3.36. The molecule has 0 saturated carbocycles. The summed E-state index contributed by atoms with van der Waals surface area (Å²) in [5.41, 5.74) is 3.35. The monoisotopic (exact) mass is 369 g/mol. The molecule has 2 aromatic carbocycles. The van der Waals surface area contributed by atoms with Crippen LogP contribution >= 0.6 is 0 Å². The van der Waals surface area contributed by atoms with E-state index < -0.39 is 0 Å². The second-order valence-corrected chi connectivity index (χ2v) is 7.08. The number of benzene rings is 2. The van der Waals surface area contributed by atoms with Crippen molar-refractivity contribution in [2.24, 2.45) is 0 Å². The Balaban J connectivity index is 2.23. The number of amides is 1. The molecule has 1 atom stereocenters. The fraction of sp³-hybridized carbons (Fsp3) is 0.409. The number of carbonyl (C=O) groups is 1. The number of rotatable bonds is 8. The van der Waals surface area contributed by atoms with Gasteiger partial charge in [0.25, 0.3) is 5.91 Å². The van der Waals surface area contributed by atoms with Gasteiger partial charge in [0, 0.05) is 42.1 Å². The van der Waals surface area contributed by atoms with Gasteiger partial charge in [-0.05, 0) is 70.3 Å². The highest BCUT2D eigenvalue weighted by Gasteiger charge is 2.17. The maximum absolute atomic E-state index is 12.4. The van der Waals surface area contributed by atoms with Gasteiger partial charge >= 0.3 is 0 Å². The SMILES string of the molecule is CCN(CC)C(=O)c1ccc(Nc2cccc(O)c2C(C)CN(C)C)cc1. The highest BCUT2D eigenvalue weighted by Crippen LogP contribution is 2.34. The molecule has 0 bridgehead atoms. The predicted molar refractivity (Wildman–Crippen MR) is 112 cm³/mol. The quantitative estimate of drug-likeness (QED) is 0.729. The van der Waals surface area contributed by atoms with Crippen LogP contribution in [-0.4, -0.2) is 54.5 Å². The molecule has 2 N–H and O–H groups in total. The Morgan fingerprint density at radius 2 is 1.70 bits per heavy atom. The minimum absolute atomic E-state index is 0.0456. The summed E-state index contributed by atoms with van der Waals surface area (Å²) in [6.45, 7) is 8.30. The molecule has 27 heavy (non-hydrogen) atoms. The molecule has 0 fully saturated rings. The van der Waals surface area contributed by atoms with Crippen LogP contribution in [0.25, 0.3) is 0 Å². The number of hydrogen-bond acceptors (Lipinski definition) is 4. The Kier molecular flexibility index (Phi) is 7.25. The Morgan fingerprint density at radius 3 is 2.26 bits per heavy atom. The second-order valence-electron chi connectivity index (χ2n) is 7.08. The lowest BCUT2D eigenvalue weighted by molar-refractivity contribution is 0.0773. The Bertz CT molecular complexity index is 753. The molecule has 0 radical (unpaired) electrons. The first kappa shape index (κ1) is 20.8. The predicted octanol–water partition coefficient (Wildman–Crippen LogP) is 4.28. The van der Waals surface area contributed by atoms with Crippen LogP contribution in [-0.2, 0) is 0 Å². The molecule has 1 unspecified atom stereocenters. The minimum atomic E-state index is 0.0456. The molecular formula is C22H31N3O2. The number of anilines is 2. The van der Waals surface area contributed by atoms with Gasteiger partial charge in [0.1, 0.15) is 5.75 Å². The van der Waals surface area contributed by atoms with Crippen LogP contribution in [0.15, 0.2) is 42.5 Å². The average Bonchev–Trinajstić information content (AvgIpc) is 2.62. The van der Waals surface area contributed by atoms with Gasteiger partial charge in [0.2, 0.25) is 0 Å². The Morgan fingerprint density at radius 1 is 1.07 bits per heavy atom. The van der Waals surface area contributed by atoms with Crippen molar-refractivity contribution in [3.8, 4) is 5.75 Å². The van der Waals surface area contributed by atoms with Crippen LogP contribution < -0.4 is 5.32 Å². The van der Waals surface area contributed by atoms with Gasteiger partial charge in [-0.15, -0.1) is 0 Å². The van der Waals surface area contributed by atoms with Crippen LogP contribution in [0.5, 0.6) is 5.75 Å². The van der Waals surface area contributed by atoms with E-state index in [4.69, 9.17) is 0 Å². The molecular weight excluding hydrogens is 338 g/mol. The summed E-state index contributed by atoms with van der Waals surface area (Å²) in [6, 6.07) is 13.0. The Hall–Kier alpha value is -2.53. The summed E-state index contributed by atoms with van der Waals surface area (Å²) >= 11 is 0. The summed E-state index contributed by atoms with van der Waals surface area (Å²) in [5, 5.41) is 13.8. The van der Waals surface area contributed by atoms with E-state index in [9.17, 15) is 9.90 Å². The Labute approximate surface area is 162 Å². The smallest absolute Gasteiger partial charge is 0.253 e. The highest BCUT2D eigenvalue weighted by molar-refractivity contribution is 5.94. The molecule has 5 heteroatoms. The zero-order valence-electron chi connectivity index (χ0n) is 17.0. The number of phenols is 1. The number of hydrogen-bond donors (Lipinski definition) is 2. The number of carbonyl (C=O) groups excluding carboxylic acids is 1. The highest BCUT2D eigenvalue weighted by atomic mass is 16.3. The average molecular weight is 370 g/mol. The zero-order valence-corrected chi connectivity index (χ0v) is 17.0. The lowest BCUT2D eigenvalue weighted by atomic mass is 9.97. The van der Waals surface area contributed by atoms with Crippen molar-refractivity contribution >= 4 is 17.3 Å². The third kappa shape index (κ3) is 5.23. The van der Waals surface area contributed by atoms with Gasteiger partial charge < -0.3 is 20.2 Å². The van der Waals surface area contributed by atoms with Crippen LogP contribution in [0.2, 0.25) is 0 Å². The van der Waals surface area contributed by atoms with Gasteiger partial charge in [-0.25, -0.2) is 0 Å². The van der Waals surface area contributed by atoms with Crippen molar-refractivity contribution in [3.05, 3.63) is 53.6 Å². The largest absolute Gasteiger partial charge is 0.508 e. The molecule has 0 saturated heterocycles. The first-order valence-electron chi connectivity index (χ1n) is 9.50. The molecule has 0 heterocycles. The normalized spacial score (nSPS) is 12.1. The standard InChI is InChI=1S/C22H31N3O2/c1-6-25(7-2)22(27)17-11-13-18(14-12-17)23-19-9-8-10-20(26)21(19)16(3)15-24(4)5/h8-14,16,23,26H,6-7,15H2,1-5H3. The molecule has 5 nitrogen and oxygen atoms in total. The number of nitrogens with zero attached hydrogens (tertiary/aromatic N) is 2. The van der Waals surface area contributed by atoms with Crippen molar-refractivity contribution in [1.82, 2.24) is 9.80 Å². The van der Waals surface area contributed by atoms with E-state index in [1.54, 1.807) is 11.0 Å². The van der Waals surface area contributed by atoms with Gasteiger partial charge in [0.15, 0.2) is 0 Å². The number of nitrogens with one attached hydrogen (secondary N) is 1. The van der Waals surface area contributed by atoms with Crippen LogP contribution in [0.3, 0.4) is 0 Å². The maximum Gasteiger partial charge on any atom is 0.253 e. The van der Waals surface area contributed by atoms with Crippen LogP contribution in [0.1, 0.15) is 42.6 Å². The third-order valence-electron chi connectivity index (χ3n) is 4.68. The molecule has 0 aromatic heterocycles. The number of phenolic OH excluding ortho intramolecular Hbond substituents is 1. The van der Waals surface area contributed by atoms with Crippen molar-refractivity contribution in [1.29, 1.82) is 0 Å². The van der Waals surface area contributed by atoms with E-state index >= 15 is 0 Å². The van der Waals surface area contributed by atoms with E-state index in [0.717, 1.165) is 23.5 Å². The zero-order chi connectivity index (χ0) is 20.0. The molecule has 2 rings (SSSR count). The van der Waals surface area contributed by atoms with E-state index in [0.29, 0.717) is 24.4 Å². The van der Waals surface area contributed by atoms with Crippen LogP contribution in [0, 0.1) is 0 Å². The van der Waals surface area contributed by atoms with Crippen molar-refractivity contribution in [2.75, 3.05) is 39.0 Å². The van der Waals surface area contributed by atoms with Crippen molar-refractivity contribution in [2.45, 2.75) is 26.7 Å². The van der Waals surface area contributed by atoms with Crippen LogP contribution in [0.4, 0.5) is 11.4 Å². The van der Waals surface area contributed by atoms with Gasteiger partial charge in [-0.2, -0.15) is 0 Å². The molecule has 0 spiro atoms. The third-order valence-corrected chi connectivity index (χ3v) is 4.68. The van der Waals surface area contributed by atoms with Crippen molar-refractivity contribution in [3.63, 3.8) is 0 Å². The van der Waals surface area contributed by atoms with Gasteiger partial charge in [-0.1, -0.05) is 13.0 Å². The lowest BCUT2D eigenvalue weighted by Crippen LogP contribution is -2.30. The number of likely N-dealkylation sites (N-methyl/N-ethyl adjacent to an activating group) is 1. The molecule has 1 amide bonds. The van der Waals surface area contributed by atoms with Gasteiger partial charge in [-0.3, -0.25) is 4.79 Å². The molecule has 146 valence electrons. The molecule has 0 aliphatic rings.